The summed E-state index contributed by atoms with van der Waals surface area (Å²) >= 11 is 2.04. The molecule has 1 aromatic heterocycles. The first-order chi connectivity index (χ1) is 9.72. The number of thioether (sulfide) groups is 1. The smallest absolute Gasteiger partial charge is 0.134 e. The minimum absolute atomic E-state index is 0.238. The van der Waals surface area contributed by atoms with Crippen molar-refractivity contribution in [2.75, 3.05) is 25.1 Å². The molecule has 0 spiro atoms. The number of hydrogen-bond donors (Lipinski definition) is 1. The third-order valence-corrected chi connectivity index (χ3v) is 5.49. The van der Waals surface area contributed by atoms with Crippen LogP contribution in [0.15, 0.2) is 28.7 Å². The molecular formula is C16H22N2OS. The number of hydrogen-bond acceptors (Lipinski definition) is 4. The zero-order valence-corrected chi connectivity index (χ0v) is 13.0. The summed E-state index contributed by atoms with van der Waals surface area (Å²) in [6, 6.07) is 9.12. The van der Waals surface area contributed by atoms with E-state index in [1.165, 1.54) is 28.9 Å². The van der Waals surface area contributed by atoms with Gasteiger partial charge in [0.25, 0.3) is 0 Å². The van der Waals surface area contributed by atoms with Gasteiger partial charge in [-0.15, -0.1) is 0 Å². The molecule has 2 N–H and O–H groups in total. The van der Waals surface area contributed by atoms with Crippen molar-refractivity contribution in [1.29, 1.82) is 0 Å². The molecule has 1 saturated heterocycles. The van der Waals surface area contributed by atoms with Crippen molar-refractivity contribution < 1.29 is 4.42 Å². The summed E-state index contributed by atoms with van der Waals surface area (Å²) in [6.45, 7) is 2.68. The van der Waals surface area contributed by atoms with E-state index in [0.717, 1.165) is 11.3 Å². The van der Waals surface area contributed by atoms with Crippen LogP contribution in [0.3, 0.4) is 0 Å². The van der Waals surface area contributed by atoms with Gasteiger partial charge < -0.3 is 10.2 Å². The van der Waals surface area contributed by atoms with E-state index in [1.54, 1.807) is 0 Å². The van der Waals surface area contributed by atoms with Crippen molar-refractivity contribution >= 4 is 22.7 Å². The molecule has 2 unspecified atom stereocenters. The highest BCUT2D eigenvalue weighted by Gasteiger charge is 2.29. The molecule has 2 atom stereocenters. The third-order valence-electron chi connectivity index (χ3n) is 4.35. The van der Waals surface area contributed by atoms with Crippen LogP contribution in [0, 0.1) is 6.92 Å². The number of likely N-dealkylation sites (N-methyl/N-ethyl adjacent to an activating group) is 1. The van der Waals surface area contributed by atoms with Crippen LogP contribution in [0.1, 0.15) is 23.8 Å². The quantitative estimate of drug-likeness (QED) is 0.939. The van der Waals surface area contributed by atoms with Crippen molar-refractivity contribution in [3.8, 4) is 0 Å². The van der Waals surface area contributed by atoms with Crippen molar-refractivity contribution in [3.05, 3.63) is 35.6 Å². The lowest BCUT2D eigenvalue weighted by Gasteiger charge is -2.32. The van der Waals surface area contributed by atoms with E-state index in [9.17, 15) is 0 Å². The maximum absolute atomic E-state index is 6.10. The average molecular weight is 290 g/mol. The molecule has 0 saturated carbocycles. The molecule has 2 heterocycles. The minimum atomic E-state index is 0.238. The van der Waals surface area contributed by atoms with Crippen molar-refractivity contribution in [1.82, 2.24) is 4.90 Å². The lowest BCUT2D eigenvalue weighted by atomic mass is 10.00. The van der Waals surface area contributed by atoms with Crippen LogP contribution in [-0.4, -0.2) is 36.0 Å². The lowest BCUT2D eigenvalue weighted by Crippen LogP contribution is -2.38. The van der Waals surface area contributed by atoms with Gasteiger partial charge in [-0.3, -0.25) is 4.90 Å². The van der Waals surface area contributed by atoms with Gasteiger partial charge in [-0.2, -0.15) is 11.8 Å². The predicted molar refractivity (Wildman–Crippen MR) is 86.2 cm³/mol. The minimum Gasteiger partial charge on any atom is -0.461 e. The van der Waals surface area contributed by atoms with Crippen LogP contribution in [0.4, 0.5) is 0 Å². The zero-order valence-electron chi connectivity index (χ0n) is 12.1. The number of benzene rings is 1. The summed E-state index contributed by atoms with van der Waals surface area (Å²) < 4.78 is 5.91. The maximum atomic E-state index is 6.10. The summed E-state index contributed by atoms with van der Waals surface area (Å²) in [5, 5.41) is 1.21. The lowest BCUT2D eigenvalue weighted by molar-refractivity contribution is 0.192. The van der Waals surface area contributed by atoms with Crippen LogP contribution >= 0.6 is 11.8 Å². The van der Waals surface area contributed by atoms with E-state index >= 15 is 0 Å². The van der Waals surface area contributed by atoms with Gasteiger partial charge in [0.05, 0.1) is 6.04 Å². The van der Waals surface area contributed by atoms with E-state index in [-0.39, 0.29) is 6.04 Å². The van der Waals surface area contributed by atoms with Crippen molar-refractivity contribution in [2.24, 2.45) is 5.73 Å². The predicted octanol–water partition coefficient (Wildman–Crippen LogP) is 3.18. The molecule has 1 aliphatic rings. The highest BCUT2D eigenvalue weighted by molar-refractivity contribution is 7.99. The van der Waals surface area contributed by atoms with Gasteiger partial charge in [0.2, 0.25) is 0 Å². The fourth-order valence-corrected chi connectivity index (χ4v) is 4.47. The van der Waals surface area contributed by atoms with Gasteiger partial charge in [0.15, 0.2) is 0 Å². The van der Waals surface area contributed by atoms with E-state index in [2.05, 4.69) is 31.0 Å². The number of nitrogens with zero attached hydrogens (tertiary/aromatic N) is 1. The van der Waals surface area contributed by atoms with Crippen molar-refractivity contribution in [2.45, 2.75) is 25.4 Å². The Morgan fingerprint density at radius 1 is 1.45 bits per heavy atom. The van der Waals surface area contributed by atoms with E-state index in [0.29, 0.717) is 12.6 Å². The fourth-order valence-electron chi connectivity index (χ4n) is 3.19. The first kappa shape index (κ1) is 14.0. The molecule has 0 radical (unpaired) electrons. The Morgan fingerprint density at radius 3 is 2.95 bits per heavy atom. The van der Waals surface area contributed by atoms with E-state index in [1.807, 2.05) is 23.9 Å². The maximum Gasteiger partial charge on any atom is 0.134 e. The molecule has 3 rings (SSSR count). The Labute approximate surface area is 124 Å². The largest absolute Gasteiger partial charge is 0.461 e. The van der Waals surface area contributed by atoms with E-state index in [4.69, 9.17) is 10.2 Å². The molecule has 4 heteroatoms. The molecule has 0 amide bonds. The number of furan rings is 1. The number of para-hydroxylation sites is 1. The second-order valence-corrected chi connectivity index (χ2v) is 6.65. The summed E-state index contributed by atoms with van der Waals surface area (Å²) in [7, 11) is 2.20. The Kier molecular flexibility index (Phi) is 4.06. The number of aryl methyl sites for hydroxylation is 1. The molecule has 2 aromatic rings. The highest BCUT2D eigenvalue weighted by atomic mass is 32.2. The summed E-state index contributed by atoms with van der Waals surface area (Å²) in [6.07, 6.45) is 1.26. The summed E-state index contributed by atoms with van der Waals surface area (Å²) in [4.78, 5) is 2.45. The second kappa shape index (κ2) is 5.80. The zero-order chi connectivity index (χ0) is 14.1. The summed E-state index contributed by atoms with van der Waals surface area (Å²) in [5.41, 5.74) is 8.33. The van der Waals surface area contributed by atoms with Gasteiger partial charge in [-0.05, 0) is 32.2 Å². The van der Waals surface area contributed by atoms with Crippen molar-refractivity contribution in [3.63, 3.8) is 0 Å². The van der Waals surface area contributed by atoms with Crippen LogP contribution in [0.2, 0.25) is 0 Å². The van der Waals surface area contributed by atoms with Gasteiger partial charge in [-0.25, -0.2) is 0 Å². The number of fused-ring (bicyclic) bond motifs is 1. The molecule has 1 fully saturated rings. The van der Waals surface area contributed by atoms with Crippen LogP contribution in [0.25, 0.3) is 11.0 Å². The normalized spacial score (nSPS) is 20.9. The van der Waals surface area contributed by atoms with Crippen LogP contribution < -0.4 is 5.73 Å². The highest BCUT2D eigenvalue weighted by Crippen LogP contribution is 2.35. The molecule has 0 bridgehead atoms. The Hall–Kier alpha value is -0.970. The number of nitrogens with two attached hydrogens (primary N) is 1. The molecule has 20 heavy (non-hydrogen) atoms. The monoisotopic (exact) mass is 290 g/mol. The topological polar surface area (TPSA) is 42.4 Å². The first-order valence-electron chi connectivity index (χ1n) is 7.20. The summed E-state index contributed by atoms with van der Waals surface area (Å²) in [5.74, 6) is 3.47. The van der Waals surface area contributed by atoms with Gasteiger partial charge >= 0.3 is 0 Å². The molecular weight excluding hydrogens is 268 g/mol. The van der Waals surface area contributed by atoms with Gasteiger partial charge in [0.1, 0.15) is 11.3 Å². The third kappa shape index (κ3) is 2.36. The van der Waals surface area contributed by atoms with Crippen LogP contribution in [-0.2, 0) is 0 Å². The molecule has 1 aromatic carbocycles. The Morgan fingerprint density at radius 2 is 2.25 bits per heavy atom. The molecule has 3 nitrogen and oxygen atoms in total. The SMILES string of the molecule is Cc1oc2ccccc2c1C(CN)N(C)C1CCSC1. The van der Waals surface area contributed by atoms with Gasteiger partial charge in [-0.1, -0.05) is 18.2 Å². The second-order valence-electron chi connectivity index (χ2n) is 5.50. The molecule has 108 valence electrons. The average Bonchev–Trinajstić information content (AvgIpc) is 3.08. The number of rotatable bonds is 4. The van der Waals surface area contributed by atoms with Crippen LogP contribution in [0.5, 0.6) is 0 Å². The van der Waals surface area contributed by atoms with Gasteiger partial charge in [0, 0.05) is 29.3 Å². The molecule has 0 aliphatic carbocycles. The van der Waals surface area contributed by atoms with E-state index < -0.39 is 0 Å². The Balaban J connectivity index is 2.00. The standard InChI is InChI=1S/C16H22N2OS/c1-11-16(13-5-3-4-6-15(13)19-11)14(9-17)18(2)12-7-8-20-10-12/h3-6,12,14H,7-10,17H2,1-2H3. The Bertz CT molecular complexity index is 589. The fraction of sp³-hybridized carbons (Fsp3) is 0.500. The molecule has 1 aliphatic heterocycles. The first-order valence-corrected chi connectivity index (χ1v) is 8.35.